The van der Waals surface area contributed by atoms with Gasteiger partial charge in [-0.05, 0) is 46.7 Å². The molecule has 0 saturated carbocycles. The predicted molar refractivity (Wildman–Crippen MR) is 73.4 cm³/mol. The maximum Gasteiger partial charge on any atom is 0.166 e. The van der Waals surface area contributed by atoms with Gasteiger partial charge in [0.1, 0.15) is 5.82 Å². The highest BCUT2D eigenvalue weighted by molar-refractivity contribution is 9.10. The first-order valence-electron chi connectivity index (χ1n) is 5.11. The Bertz CT molecular complexity index is 415. The first-order valence-corrected chi connectivity index (χ1v) is 6.31. The Labute approximate surface area is 114 Å². The van der Waals surface area contributed by atoms with E-state index in [2.05, 4.69) is 26.6 Å². The third kappa shape index (κ3) is 4.57. The lowest BCUT2D eigenvalue weighted by Crippen LogP contribution is -2.36. The average molecular weight is 321 g/mol. The minimum absolute atomic E-state index is 0.00613. The van der Waals surface area contributed by atoms with Gasteiger partial charge in [-0.3, -0.25) is 0 Å². The molecule has 0 atom stereocenters. The maximum absolute atomic E-state index is 13.7. The summed E-state index contributed by atoms with van der Waals surface area (Å²) in [6.45, 7) is 2.59. The Kier molecular flexibility index (Phi) is 5.80. The molecule has 0 aliphatic carbocycles. The highest BCUT2D eigenvalue weighted by Gasteiger charge is 2.07. The van der Waals surface area contributed by atoms with Gasteiger partial charge in [-0.2, -0.15) is 0 Å². The van der Waals surface area contributed by atoms with Gasteiger partial charge in [0.2, 0.25) is 0 Å². The Morgan fingerprint density at radius 1 is 1.47 bits per heavy atom. The molecule has 94 valence electrons. The Morgan fingerprint density at radius 2 is 2.18 bits per heavy atom. The summed E-state index contributed by atoms with van der Waals surface area (Å²) in [7, 11) is 0. The number of halogens is 2. The van der Waals surface area contributed by atoms with E-state index in [1.54, 1.807) is 12.1 Å². The van der Waals surface area contributed by atoms with Gasteiger partial charge in [0.05, 0.1) is 11.1 Å². The summed E-state index contributed by atoms with van der Waals surface area (Å²) in [4.78, 5) is 0. The van der Waals surface area contributed by atoms with Crippen LogP contribution in [0.15, 0.2) is 16.6 Å². The molecule has 0 saturated heterocycles. The van der Waals surface area contributed by atoms with Crippen molar-refractivity contribution in [2.75, 3.05) is 13.2 Å². The third-order valence-electron chi connectivity index (χ3n) is 2.08. The second-order valence-corrected chi connectivity index (χ2v) is 4.82. The zero-order valence-electron chi connectivity index (χ0n) is 9.39. The predicted octanol–water partition coefficient (Wildman–Crippen LogP) is 1.85. The largest absolute Gasteiger partial charge is 0.395 e. The minimum Gasteiger partial charge on any atom is -0.395 e. The molecule has 3 N–H and O–H groups in total. The summed E-state index contributed by atoms with van der Waals surface area (Å²) in [6, 6.07) is 3.49. The van der Waals surface area contributed by atoms with Crippen LogP contribution in [0.3, 0.4) is 0 Å². The van der Waals surface area contributed by atoms with Gasteiger partial charge in [-0.1, -0.05) is 6.07 Å². The fourth-order valence-electron chi connectivity index (χ4n) is 1.33. The van der Waals surface area contributed by atoms with Crippen molar-refractivity contribution in [3.63, 3.8) is 0 Å². The van der Waals surface area contributed by atoms with E-state index in [1.807, 2.05) is 6.92 Å². The molecule has 0 aromatic heterocycles. The summed E-state index contributed by atoms with van der Waals surface area (Å²) in [6.07, 6.45) is 0. The molecule has 0 bridgehead atoms. The SMILES string of the molecule is Cc1cc(Br)c(F)c(CNC(=S)NCCO)c1. The molecule has 0 unspecified atom stereocenters. The van der Waals surface area contributed by atoms with E-state index in [-0.39, 0.29) is 12.4 Å². The fraction of sp³-hybridized carbons (Fsp3) is 0.364. The van der Waals surface area contributed by atoms with Crippen LogP contribution in [0.1, 0.15) is 11.1 Å². The molecular formula is C11H14BrFN2OS. The summed E-state index contributed by atoms with van der Waals surface area (Å²) in [5.74, 6) is -0.284. The van der Waals surface area contributed by atoms with Gasteiger partial charge in [0.15, 0.2) is 5.11 Å². The number of benzene rings is 1. The Balaban J connectivity index is 2.60. The molecule has 0 heterocycles. The highest BCUT2D eigenvalue weighted by Crippen LogP contribution is 2.20. The number of aryl methyl sites for hydroxylation is 1. The molecule has 0 radical (unpaired) electrons. The van der Waals surface area contributed by atoms with Crippen LogP contribution >= 0.6 is 28.1 Å². The van der Waals surface area contributed by atoms with E-state index in [0.29, 0.717) is 28.2 Å². The van der Waals surface area contributed by atoms with Crippen LogP contribution < -0.4 is 10.6 Å². The normalized spacial score (nSPS) is 10.1. The standard InChI is InChI=1S/C11H14BrFN2OS/c1-7-4-8(10(13)9(12)5-7)6-15-11(17)14-2-3-16/h4-5,16H,2-3,6H2,1H3,(H2,14,15,17). The second-order valence-electron chi connectivity index (χ2n) is 3.55. The summed E-state index contributed by atoms with van der Waals surface area (Å²) >= 11 is 8.12. The summed E-state index contributed by atoms with van der Waals surface area (Å²) in [5.41, 5.74) is 1.52. The molecule has 0 aliphatic heterocycles. The van der Waals surface area contributed by atoms with Gasteiger partial charge in [0.25, 0.3) is 0 Å². The number of thiocarbonyl (C=S) groups is 1. The van der Waals surface area contributed by atoms with Crippen LogP contribution in [-0.2, 0) is 6.54 Å². The smallest absolute Gasteiger partial charge is 0.166 e. The van der Waals surface area contributed by atoms with E-state index in [1.165, 1.54) is 0 Å². The monoisotopic (exact) mass is 320 g/mol. The molecule has 1 aromatic carbocycles. The number of rotatable bonds is 4. The molecule has 17 heavy (non-hydrogen) atoms. The van der Waals surface area contributed by atoms with Gasteiger partial charge in [0, 0.05) is 18.7 Å². The molecule has 3 nitrogen and oxygen atoms in total. The molecule has 1 rings (SSSR count). The minimum atomic E-state index is -0.284. The van der Waals surface area contributed by atoms with Crippen molar-refractivity contribution in [2.24, 2.45) is 0 Å². The van der Waals surface area contributed by atoms with Crippen molar-refractivity contribution < 1.29 is 9.50 Å². The fourth-order valence-corrected chi connectivity index (χ4v) is 2.12. The lowest BCUT2D eigenvalue weighted by molar-refractivity contribution is 0.300. The zero-order valence-corrected chi connectivity index (χ0v) is 11.8. The molecule has 0 aliphatic rings. The third-order valence-corrected chi connectivity index (χ3v) is 2.95. The van der Waals surface area contributed by atoms with Crippen LogP contribution in [0.2, 0.25) is 0 Å². The summed E-state index contributed by atoms with van der Waals surface area (Å²) in [5, 5.41) is 14.7. The number of aliphatic hydroxyl groups excluding tert-OH is 1. The van der Waals surface area contributed by atoms with Crippen molar-refractivity contribution >= 4 is 33.3 Å². The van der Waals surface area contributed by atoms with Gasteiger partial charge in [-0.15, -0.1) is 0 Å². The topological polar surface area (TPSA) is 44.3 Å². The quantitative estimate of drug-likeness (QED) is 0.741. The lowest BCUT2D eigenvalue weighted by Gasteiger charge is -2.11. The van der Waals surface area contributed by atoms with Crippen LogP contribution in [0.25, 0.3) is 0 Å². The number of hydrogen-bond donors (Lipinski definition) is 3. The highest BCUT2D eigenvalue weighted by atomic mass is 79.9. The number of aliphatic hydroxyl groups is 1. The molecule has 0 fully saturated rings. The Morgan fingerprint density at radius 3 is 2.82 bits per heavy atom. The van der Waals surface area contributed by atoms with E-state index < -0.39 is 0 Å². The van der Waals surface area contributed by atoms with E-state index in [0.717, 1.165) is 5.56 Å². The average Bonchev–Trinajstić information content (AvgIpc) is 2.29. The van der Waals surface area contributed by atoms with Crippen LogP contribution in [0.5, 0.6) is 0 Å². The van der Waals surface area contributed by atoms with Crippen molar-refractivity contribution in [1.82, 2.24) is 10.6 Å². The van der Waals surface area contributed by atoms with Gasteiger partial charge < -0.3 is 15.7 Å². The van der Waals surface area contributed by atoms with Crippen LogP contribution in [0, 0.1) is 12.7 Å². The van der Waals surface area contributed by atoms with Gasteiger partial charge >= 0.3 is 0 Å². The molecular weight excluding hydrogens is 307 g/mol. The molecule has 1 aromatic rings. The first kappa shape index (κ1) is 14.3. The molecule has 6 heteroatoms. The molecule has 0 amide bonds. The second kappa shape index (κ2) is 6.88. The molecule has 0 spiro atoms. The van der Waals surface area contributed by atoms with Crippen molar-refractivity contribution in [3.8, 4) is 0 Å². The van der Waals surface area contributed by atoms with Gasteiger partial charge in [-0.25, -0.2) is 4.39 Å². The first-order chi connectivity index (χ1) is 8.04. The number of hydrogen-bond acceptors (Lipinski definition) is 2. The van der Waals surface area contributed by atoms with E-state index in [9.17, 15) is 4.39 Å². The van der Waals surface area contributed by atoms with Crippen molar-refractivity contribution in [3.05, 3.63) is 33.5 Å². The van der Waals surface area contributed by atoms with Crippen LogP contribution in [-0.4, -0.2) is 23.4 Å². The van der Waals surface area contributed by atoms with Crippen molar-refractivity contribution in [2.45, 2.75) is 13.5 Å². The van der Waals surface area contributed by atoms with Crippen molar-refractivity contribution in [1.29, 1.82) is 0 Å². The maximum atomic E-state index is 13.7. The summed E-state index contributed by atoms with van der Waals surface area (Å²) < 4.78 is 14.1. The zero-order chi connectivity index (χ0) is 12.8. The van der Waals surface area contributed by atoms with Crippen LogP contribution in [0.4, 0.5) is 4.39 Å². The van der Waals surface area contributed by atoms with E-state index >= 15 is 0 Å². The number of nitrogens with one attached hydrogen (secondary N) is 2. The lowest BCUT2D eigenvalue weighted by atomic mass is 10.1. The Hall–Kier alpha value is -0.720. The van der Waals surface area contributed by atoms with E-state index in [4.69, 9.17) is 17.3 Å².